The van der Waals surface area contributed by atoms with Crippen molar-refractivity contribution in [2.45, 2.75) is 32.2 Å². The minimum Gasteiger partial charge on any atom is -0.338 e. The van der Waals surface area contributed by atoms with Gasteiger partial charge in [0.05, 0.1) is 6.54 Å². The molecule has 2 aromatic rings. The lowest BCUT2D eigenvalue weighted by molar-refractivity contribution is 0.352. The number of allylic oxidation sites excluding steroid dienone is 2. The first-order chi connectivity index (χ1) is 10.4. The molecule has 0 spiro atoms. The van der Waals surface area contributed by atoms with Gasteiger partial charge in [-0.3, -0.25) is 0 Å². The van der Waals surface area contributed by atoms with E-state index in [0.717, 1.165) is 24.7 Å². The fourth-order valence-corrected chi connectivity index (χ4v) is 2.64. The van der Waals surface area contributed by atoms with E-state index in [2.05, 4.69) is 39.7 Å². The summed E-state index contributed by atoms with van der Waals surface area (Å²) < 4.78 is 5.29. The Morgan fingerprint density at radius 2 is 2.10 bits per heavy atom. The third-order valence-corrected chi connectivity index (χ3v) is 3.80. The molecule has 0 saturated heterocycles. The number of benzene rings is 1. The first kappa shape index (κ1) is 14.0. The van der Waals surface area contributed by atoms with Crippen molar-refractivity contribution >= 4 is 0 Å². The van der Waals surface area contributed by atoms with Gasteiger partial charge < -0.3 is 9.84 Å². The monoisotopic (exact) mass is 283 g/mol. The van der Waals surface area contributed by atoms with Crippen molar-refractivity contribution in [2.24, 2.45) is 5.92 Å². The van der Waals surface area contributed by atoms with E-state index < -0.39 is 0 Å². The van der Waals surface area contributed by atoms with Crippen LogP contribution in [0.15, 0.2) is 47.0 Å². The highest BCUT2D eigenvalue weighted by Gasteiger charge is 2.11. The predicted molar refractivity (Wildman–Crippen MR) is 81.7 cm³/mol. The van der Waals surface area contributed by atoms with Crippen molar-refractivity contribution in [3.8, 4) is 0 Å². The summed E-state index contributed by atoms with van der Waals surface area (Å²) in [7, 11) is 0. The van der Waals surface area contributed by atoms with Crippen LogP contribution in [0.5, 0.6) is 0 Å². The first-order valence-corrected chi connectivity index (χ1v) is 7.61. The second-order valence-corrected chi connectivity index (χ2v) is 5.55. The second-order valence-electron chi connectivity index (χ2n) is 5.55. The van der Waals surface area contributed by atoms with Crippen LogP contribution >= 0.6 is 0 Å². The number of aromatic nitrogens is 2. The molecule has 0 bridgehead atoms. The van der Waals surface area contributed by atoms with Gasteiger partial charge >= 0.3 is 0 Å². The summed E-state index contributed by atoms with van der Waals surface area (Å²) in [5, 5.41) is 7.46. The van der Waals surface area contributed by atoms with Crippen molar-refractivity contribution in [1.82, 2.24) is 15.5 Å². The molecule has 0 aliphatic heterocycles. The Morgan fingerprint density at radius 1 is 1.19 bits per heavy atom. The predicted octanol–water partition coefficient (Wildman–Crippen LogP) is 3.11. The lowest BCUT2D eigenvalue weighted by atomic mass is 9.94. The smallest absolute Gasteiger partial charge is 0.240 e. The van der Waals surface area contributed by atoms with Crippen molar-refractivity contribution in [3.05, 3.63) is 59.8 Å². The van der Waals surface area contributed by atoms with E-state index in [0.29, 0.717) is 12.4 Å². The van der Waals surface area contributed by atoms with Gasteiger partial charge in [0, 0.05) is 6.42 Å². The SMILES string of the molecule is C1=CCC(CNCc2nc(Cc3ccccc3)no2)CC1. The van der Waals surface area contributed by atoms with Crippen LogP contribution in [0.1, 0.15) is 36.5 Å². The average Bonchev–Trinajstić information content (AvgIpc) is 2.97. The van der Waals surface area contributed by atoms with Crippen LogP contribution in [0.25, 0.3) is 0 Å². The highest BCUT2D eigenvalue weighted by atomic mass is 16.5. The molecule has 1 aliphatic carbocycles. The zero-order valence-electron chi connectivity index (χ0n) is 12.2. The van der Waals surface area contributed by atoms with E-state index in [-0.39, 0.29) is 0 Å². The summed E-state index contributed by atoms with van der Waals surface area (Å²) in [6, 6.07) is 10.2. The Bertz CT molecular complexity index is 577. The van der Waals surface area contributed by atoms with Gasteiger partial charge in [0.15, 0.2) is 5.82 Å². The summed E-state index contributed by atoms with van der Waals surface area (Å²) in [5.74, 6) is 2.16. The van der Waals surface area contributed by atoms with Crippen molar-refractivity contribution in [2.75, 3.05) is 6.54 Å². The molecule has 1 aromatic carbocycles. The Kier molecular flexibility index (Phi) is 4.79. The van der Waals surface area contributed by atoms with Gasteiger partial charge in [-0.15, -0.1) is 0 Å². The molecule has 0 fully saturated rings. The lowest BCUT2D eigenvalue weighted by Crippen LogP contribution is -2.23. The average molecular weight is 283 g/mol. The minimum absolute atomic E-state index is 0.655. The van der Waals surface area contributed by atoms with Crippen LogP contribution in [-0.2, 0) is 13.0 Å². The molecule has 1 aliphatic rings. The molecule has 0 saturated carbocycles. The van der Waals surface area contributed by atoms with Crippen LogP contribution in [0.3, 0.4) is 0 Å². The Labute approximate surface area is 125 Å². The third-order valence-electron chi connectivity index (χ3n) is 3.80. The van der Waals surface area contributed by atoms with E-state index in [9.17, 15) is 0 Å². The molecule has 21 heavy (non-hydrogen) atoms. The van der Waals surface area contributed by atoms with E-state index in [1.165, 1.54) is 24.8 Å². The highest BCUT2D eigenvalue weighted by molar-refractivity contribution is 5.18. The van der Waals surface area contributed by atoms with Crippen LogP contribution in [-0.4, -0.2) is 16.7 Å². The quantitative estimate of drug-likeness (QED) is 0.828. The molecule has 1 N–H and O–H groups in total. The Morgan fingerprint density at radius 3 is 2.90 bits per heavy atom. The molecule has 0 radical (unpaired) electrons. The van der Waals surface area contributed by atoms with Crippen molar-refractivity contribution < 1.29 is 4.52 Å². The second kappa shape index (κ2) is 7.18. The van der Waals surface area contributed by atoms with Gasteiger partial charge in [0.2, 0.25) is 5.89 Å². The molecule has 1 unspecified atom stereocenters. The van der Waals surface area contributed by atoms with Gasteiger partial charge in [-0.1, -0.05) is 47.6 Å². The molecule has 110 valence electrons. The summed E-state index contributed by atoms with van der Waals surface area (Å²) in [6.07, 6.45) is 8.92. The zero-order chi connectivity index (χ0) is 14.3. The normalized spacial score (nSPS) is 18.0. The van der Waals surface area contributed by atoms with E-state index in [1.54, 1.807) is 0 Å². The van der Waals surface area contributed by atoms with Gasteiger partial charge in [-0.25, -0.2) is 0 Å². The molecule has 3 rings (SSSR count). The van der Waals surface area contributed by atoms with Crippen LogP contribution in [0.2, 0.25) is 0 Å². The van der Waals surface area contributed by atoms with Gasteiger partial charge in [-0.05, 0) is 37.3 Å². The standard InChI is InChI=1S/C17H21N3O/c1-3-7-14(8-4-1)11-16-19-17(21-20-16)13-18-12-15-9-5-2-6-10-15/h1-5,7-8,15,18H,6,9-13H2. The summed E-state index contributed by atoms with van der Waals surface area (Å²) in [5.41, 5.74) is 1.20. The van der Waals surface area contributed by atoms with Crippen molar-refractivity contribution in [3.63, 3.8) is 0 Å². The fraction of sp³-hybridized carbons (Fsp3) is 0.412. The molecule has 4 nitrogen and oxygen atoms in total. The number of hydrogen-bond acceptors (Lipinski definition) is 4. The third kappa shape index (κ3) is 4.26. The summed E-state index contributed by atoms with van der Waals surface area (Å²) in [4.78, 5) is 4.43. The fourth-order valence-electron chi connectivity index (χ4n) is 2.64. The molecule has 1 atom stereocenters. The van der Waals surface area contributed by atoms with Crippen molar-refractivity contribution in [1.29, 1.82) is 0 Å². The minimum atomic E-state index is 0.655. The topological polar surface area (TPSA) is 51.0 Å². The van der Waals surface area contributed by atoms with Gasteiger partial charge in [0.1, 0.15) is 0 Å². The largest absolute Gasteiger partial charge is 0.338 e. The van der Waals surface area contributed by atoms with E-state index in [4.69, 9.17) is 4.52 Å². The summed E-state index contributed by atoms with van der Waals surface area (Å²) >= 11 is 0. The summed E-state index contributed by atoms with van der Waals surface area (Å²) in [6.45, 7) is 1.67. The Balaban J connectivity index is 1.45. The van der Waals surface area contributed by atoms with Gasteiger partial charge in [-0.2, -0.15) is 4.98 Å². The highest BCUT2D eigenvalue weighted by Crippen LogP contribution is 2.17. The Hall–Kier alpha value is -1.94. The number of rotatable bonds is 6. The maximum absolute atomic E-state index is 5.29. The van der Waals surface area contributed by atoms with E-state index >= 15 is 0 Å². The van der Waals surface area contributed by atoms with Crippen LogP contribution in [0.4, 0.5) is 0 Å². The number of nitrogens with zero attached hydrogens (tertiary/aromatic N) is 2. The van der Waals surface area contributed by atoms with E-state index in [1.807, 2.05) is 18.2 Å². The number of hydrogen-bond donors (Lipinski definition) is 1. The van der Waals surface area contributed by atoms with Crippen LogP contribution < -0.4 is 5.32 Å². The molecular formula is C17H21N3O. The van der Waals surface area contributed by atoms with Crippen LogP contribution in [0, 0.1) is 5.92 Å². The van der Waals surface area contributed by atoms with Gasteiger partial charge in [0.25, 0.3) is 0 Å². The molecule has 0 amide bonds. The zero-order valence-corrected chi connectivity index (χ0v) is 12.2. The molecular weight excluding hydrogens is 262 g/mol. The first-order valence-electron chi connectivity index (χ1n) is 7.61. The molecule has 1 heterocycles. The maximum atomic E-state index is 5.29. The molecule has 1 aromatic heterocycles. The maximum Gasteiger partial charge on any atom is 0.240 e. The lowest BCUT2D eigenvalue weighted by Gasteiger charge is -2.17. The number of nitrogens with one attached hydrogen (secondary N) is 1. The molecule has 4 heteroatoms.